The molecule has 0 amide bonds. The fourth-order valence-corrected chi connectivity index (χ4v) is 0.901. The summed E-state index contributed by atoms with van der Waals surface area (Å²) in [5.74, 6) is 0. The smallest absolute Gasteiger partial charge is 0.0518 e. The van der Waals surface area contributed by atoms with Crippen LogP contribution in [0.3, 0.4) is 0 Å². The van der Waals surface area contributed by atoms with Crippen LogP contribution in [0.4, 0.5) is 0 Å². The van der Waals surface area contributed by atoms with Gasteiger partial charge in [0.25, 0.3) is 0 Å². The van der Waals surface area contributed by atoms with Crippen molar-refractivity contribution in [1.82, 2.24) is 5.32 Å². The summed E-state index contributed by atoms with van der Waals surface area (Å²) in [6.45, 7) is 9.88. The average molecular weight is 189 g/mol. The Morgan fingerprint density at radius 2 is 1.38 bits per heavy atom. The van der Waals surface area contributed by atoms with Crippen LogP contribution < -0.4 is 5.32 Å². The van der Waals surface area contributed by atoms with E-state index in [9.17, 15) is 0 Å². The minimum Gasteiger partial charge on any atom is -0.396 e. The first-order valence-corrected chi connectivity index (χ1v) is 4.75. The van der Waals surface area contributed by atoms with Gasteiger partial charge in [-0.2, -0.15) is 0 Å². The van der Waals surface area contributed by atoms with Crippen LogP contribution in [0.1, 0.15) is 27.7 Å². The van der Waals surface area contributed by atoms with Gasteiger partial charge < -0.3 is 15.5 Å². The highest BCUT2D eigenvalue weighted by Gasteiger charge is 2.22. The molecule has 0 atom stereocenters. The number of hydrogen-bond donors (Lipinski definition) is 3. The first kappa shape index (κ1) is 12.9. The van der Waals surface area contributed by atoms with E-state index in [-0.39, 0.29) is 18.6 Å². The number of hydrogen-bond acceptors (Lipinski definition) is 3. The SMILES string of the molecule is CC(C)(C)CNCC(C)(CO)CO. The lowest BCUT2D eigenvalue weighted by Crippen LogP contribution is -2.40. The molecule has 13 heavy (non-hydrogen) atoms. The van der Waals surface area contributed by atoms with Crippen LogP contribution in [0.2, 0.25) is 0 Å². The van der Waals surface area contributed by atoms with E-state index in [1.54, 1.807) is 0 Å². The first-order chi connectivity index (χ1) is 5.83. The molecule has 0 bridgehead atoms. The van der Waals surface area contributed by atoms with Crippen molar-refractivity contribution in [3.63, 3.8) is 0 Å². The summed E-state index contributed by atoms with van der Waals surface area (Å²) in [5, 5.41) is 21.3. The molecule has 3 nitrogen and oxygen atoms in total. The van der Waals surface area contributed by atoms with E-state index in [1.807, 2.05) is 6.92 Å². The van der Waals surface area contributed by atoms with Gasteiger partial charge in [0.1, 0.15) is 0 Å². The predicted molar refractivity (Wildman–Crippen MR) is 54.6 cm³/mol. The summed E-state index contributed by atoms with van der Waals surface area (Å²) in [6, 6.07) is 0. The molecule has 0 rings (SSSR count). The van der Waals surface area contributed by atoms with Crippen LogP contribution in [0.5, 0.6) is 0 Å². The van der Waals surface area contributed by atoms with Gasteiger partial charge in [0.05, 0.1) is 13.2 Å². The highest BCUT2D eigenvalue weighted by Crippen LogP contribution is 2.14. The molecule has 0 aromatic rings. The largest absolute Gasteiger partial charge is 0.396 e. The number of aliphatic hydroxyl groups excluding tert-OH is 2. The second-order valence-electron chi connectivity index (χ2n) is 5.29. The van der Waals surface area contributed by atoms with Crippen molar-refractivity contribution in [2.45, 2.75) is 27.7 Å². The van der Waals surface area contributed by atoms with E-state index in [1.165, 1.54) is 0 Å². The fourth-order valence-electron chi connectivity index (χ4n) is 0.901. The highest BCUT2D eigenvalue weighted by atomic mass is 16.3. The molecular formula is C10H23NO2. The van der Waals surface area contributed by atoms with E-state index in [0.29, 0.717) is 6.54 Å². The summed E-state index contributed by atoms with van der Waals surface area (Å²) in [6.07, 6.45) is 0. The Bertz CT molecular complexity index is 136. The van der Waals surface area contributed by atoms with Crippen LogP contribution >= 0.6 is 0 Å². The number of nitrogens with one attached hydrogen (secondary N) is 1. The quantitative estimate of drug-likeness (QED) is 0.594. The Hall–Kier alpha value is -0.120. The van der Waals surface area contributed by atoms with E-state index in [0.717, 1.165) is 6.54 Å². The van der Waals surface area contributed by atoms with E-state index in [4.69, 9.17) is 10.2 Å². The first-order valence-electron chi connectivity index (χ1n) is 4.75. The third-order valence-corrected chi connectivity index (χ3v) is 1.97. The van der Waals surface area contributed by atoms with Crippen molar-refractivity contribution < 1.29 is 10.2 Å². The maximum atomic E-state index is 9.01. The summed E-state index contributed by atoms with van der Waals surface area (Å²) in [4.78, 5) is 0. The van der Waals surface area contributed by atoms with Gasteiger partial charge in [-0.3, -0.25) is 0 Å². The van der Waals surface area contributed by atoms with Gasteiger partial charge in [0.2, 0.25) is 0 Å². The topological polar surface area (TPSA) is 52.5 Å². The zero-order valence-corrected chi connectivity index (χ0v) is 9.22. The molecule has 0 aromatic heterocycles. The van der Waals surface area contributed by atoms with Crippen molar-refractivity contribution >= 4 is 0 Å². The standard InChI is InChI=1S/C10H23NO2/c1-9(2,3)5-11-6-10(4,7-12)8-13/h11-13H,5-8H2,1-4H3. The molecule has 0 radical (unpaired) electrons. The van der Waals surface area contributed by atoms with Crippen LogP contribution in [-0.2, 0) is 0 Å². The molecule has 0 spiro atoms. The maximum Gasteiger partial charge on any atom is 0.0518 e. The number of rotatable bonds is 5. The Kier molecular flexibility index (Phi) is 4.89. The fraction of sp³-hybridized carbons (Fsp3) is 1.00. The summed E-state index contributed by atoms with van der Waals surface area (Å²) >= 11 is 0. The monoisotopic (exact) mass is 189 g/mol. The van der Waals surface area contributed by atoms with Crippen LogP contribution in [0.15, 0.2) is 0 Å². The molecule has 0 fully saturated rings. The van der Waals surface area contributed by atoms with E-state index < -0.39 is 5.41 Å². The van der Waals surface area contributed by atoms with Gasteiger partial charge in [-0.25, -0.2) is 0 Å². The molecule has 0 unspecified atom stereocenters. The van der Waals surface area contributed by atoms with Crippen molar-refractivity contribution in [2.24, 2.45) is 10.8 Å². The molecule has 0 aliphatic carbocycles. The molecule has 0 aliphatic heterocycles. The van der Waals surface area contributed by atoms with Gasteiger partial charge in [-0.15, -0.1) is 0 Å². The lowest BCUT2D eigenvalue weighted by atomic mass is 9.91. The molecule has 3 N–H and O–H groups in total. The maximum absolute atomic E-state index is 9.01. The van der Waals surface area contributed by atoms with Crippen molar-refractivity contribution in [2.75, 3.05) is 26.3 Å². The molecule has 0 aliphatic rings. The van der Waals surface area contributed by atoms with Crippen molar-refractivity contribution in [3.8, 4) is 0 Å². The molecule has 3 heteroatoms. The Morgan fingerprint density at radius 3 is 1.69 bits per heavy atom. The molecule has 80 valence electrons. The van der Waals surface area contributed by atoms with Gasteiger partial charge in [-0.1, -0.05) is 27.7 Å². The second-order valence-corrected chi connectivity index (χ2v) is 5.29. The Morgan fingerprint density at radius 1 is 0.923 bits per heavy atom. The summed E-state index contributed by atoms with van der Waals surface area (Å²) in [7, 11) is 0. The van der Waals surface area contributed by atoms with Crippen molar-refractivity contribution in [1.29, 1.82) is 0 Å². The molecular weight excluding hydrogens is 166 g/mol. The zero-order chi connectivity index (χ0) is 10.5. The molecule has 0 aromatic carbocycles. The third kappa shape index (κ3) is 6.02. The molecule has 0 saturated carbocycles. The van der Waals surface area contributed by atoms with Gasteiger partial charge in [0, 0.05) is 18.5 Å². The highest BCUT2D eigenvalue weighted by molar-refractivity contribution is 4.76. The summed E-state index contributed by atoms with van der Waals surface area (Å²) in [5.41, 5.74) is -0.156. The minimum absolute atomic E-state index is 0.0145. The zero-order valence-electron chi connectivity index (χ0n) is 9.22. The van der Waals surface area contributed by atoms with E-state index in [2.05, 4.69) is 26.1 Å². The van der Waals surface area contributed by atoms with Crippen LogP contribution in [0, 0.1) is 10.8 Å². The Balaban J connectivity index is 3.74. The number of aliphatic hydroxyl groups is 2. The predicted octanol–water partition coefficient (Wildman–Crippen LogP) is 0.613. The lowest BCUT2D eigenvalue weighted by Gasteiger charge is -2.27. The van der Waals surface area contributed by atoms with Crippen LogP contribution in [0.25, 0.3) is 0 Å². The second kappa shape index (κ2) is 4.94. The minimum atomic E-state index is -0.398. The van der Waals surface area contributed by atoms with E-state index >= 15 is 0 Å². The normalized spacial score (nSPS) is 13.4. The Labute approximate surface area is 81.2 Å². The van der Waals surface area contributed by atoms with Gasteiger partial charge in [0.15, 0.2) is 0 Å². The van der Waals surface area contributed by atoms with Gasteiger partial charge in [-0.05, 0) is 5.41 Å². The third-order valence-electron chi connectivity index (χ3n) is 1.97. The average Bonchev–Trinajstić information content (AvgIpc) is 2.02. The van der Waals surface area contributed by atoms with Crippen LogP contribution in [-0.4, -0.2) is 36.5 Å². The summed E-state index contributed by atoms with van der Waals surface area (Å²) < 4.78 is 0. The van der Waals surface area contributed by atoms with Gasteiger partial charge >= 0.3 is 0 Å². The molecule has 0 saturated heterocycles. The van der Waals surface area contributed by atoms with Crippen molar-refractivity contribution in [3.05, 3.63) is 0 Å². The lowest BCUT2D eigenvalue weighted by molar-refractivity contribution is 0.0679. The molecule has 0 heterocycles.